The van der Waals surface area contributed by atoms with Gasteiger partial charge in [-0.05, 0) is 13.8 Å². The number of alkyl halides is 1. The first-order chi connectivity index (χ1) is 7.58. The van der Waals surface area contributed by atoms with Crippen LogP contribution >= 0.6 is 11.6 Å². The highest BCUT2D eigenvalue weighted by atomic mass is 35.5. The monoisotopic (exact) mass is 273 g/mol. The van der Waals surface area contributed by atoms with Crippen molar-refractivity contribution in [1.29, 1.82) is 0 Å². The average molecular weight is 274 g/mol. The highest BCUT2D eigenvalue weighted by molar-refractivity contribution is 7.90. The lowest BCUT2D eigenvalue weighted by Crippen LogP contribution is -2.37. The molecule has 0 N–H and O–H groups in total. The van der Waals surface area contributed by atoms with Gasteiger partial charge in [0.25, 0.3) is 0 Å². The number of rotatable bonds is 10. The lowest BCUT2D eigenvalue weighted by Gasteiger charge is -2.20. The van der Waals surface area contributed by atoms with E-state index in [1.807, 2.05) is 13.8 Å². The third-order valence-corrected chi connectivity index (χ3v) is 4.16. The summed E-state index contributed by atoms with van der Waals surface area (Å²) in [5, 5.41) is -0.411. The van der Waals surface area contributed by atoms with Gasteiger partial charge in [0.1, 0.15) is 5.21 Å². The van der Waals surface area contributed by atoms with E-state index in [1.165, 1.54) is 4.31 Å². The zero-order valence-electron chi connectivity index (χ0n) is 9.82. The van der Waals surface area contributed by atoms with Crippen LogP contribution in [0.5, 0.6) is 0 Å². The molecule has 98 valence electrons. The van der Waals surface area contributed by atoms with Crippen molar-refractivity contribution in [1.82, 2.24) is 4.31 Å². The molecule has 0 aliphatic heterocycles. The van der Waals surface area contributed by atoms with Gasteiger partial charge in [-0.1, -0.05) is 0 Å². The molecular weight excluding hydrogens is 254 g/mol. The maximum atomic E-state index is 11.6. The van der Waals surface area contributed by atoms with Gasteiger partial charge in [-0.25, -0.2) is 8.42 Å². The molecule has 0 amide bonds. The van der Waals surface area contributed by atoms with Gasteiger partial charge in [0, 0.05) is 26.3 Å². The topological polar surface area (TPSA) is 55.8 Å². The van der Waals surface area contributed by atoms with E-state index in [4.69, 9.17) is 21.1 Å². The van der Waals surface area contributed by atoms with Crippen molar-refractivity contribution >= 4 is 21.6 Å². The van der Waals surface area contributed by atoms with Crippen LogP contribution in [0.1, 0.15) is 13.8 Å². The summed E-state index contributed by atoms with van der Waals surface area (Å²) in [5.41, 5.74) is 0. The van der Waals surface area contributed by atoms with Gasteiger partial charge in [0.2, 0.25) is 10.0 Å². The van der Waals surface area contributed by atoms with Crippen molar-refractivity contribution in [3.63, 3.8) is 0 Å². The van der Waals surface area contributed by atoms with Crippen molar-refractivity contribution in [2.45, 2.75) is 13.8 Å². The van der Waals surface area contributed by atoms with Crippen molar-refractivity contribution < 1.29 is 17.9 Å². The van der Waals surface area contributed by atoms with E-state index in [1.54, 1.807) is 0 Å². The minimum absolute atomic E-state index is 0.315. The predicted molar refractivity (Wildman–Crippen MR) is 64.2 cm³/mol. The number of ether oxygens (including phenoxy) is 2. The molecule has 0 atom stereocenters. The fraction of sp³-hybridized carbons (Fsp3) is 1.00. The Bertz CT molecular complexity index is 248. The number of halogens is 1. The first kappa shape index (κ1) is 16.1. The van der Waals surface area contributed by atoms with Gasteiger partial charge in [-0.2, -0.15) is 4.31 Å². The molecule has 0 unspecified atom stereocenters. The van der Waals surface area contributed by atoms with Crippen LogP contribution in [-0.2, 0) is 19.5 Å². The highest BCUT2D eigenvalue weighted by Gasteiger charge is 2.20. The molecule has 0 aliphatic rings. The molecule has 0 aromatic rings. The second-order valence-corrected chi connectivity index (χ2v) is 5.57. The van der Waals surface area contributed by atoms with Crippen LogP contribution in [0.2, 0.25) is 0 Å². The lowest BCUT2D eigenvalue weighted by molar-refractivity contribution is 0.110. The van der Waals surface area contributed by atoms with Gasteiger partial charge in [-0.3, -0.25) is 0 Å². The van der Waals surface area contributed by atoms with Crippen molar-refractivity contribution in [3.8, 4) is 0 Å². The molecule has 0 bridgehead atoms. The third kappa shape index (κ3) is 6.65. The second-order valence-electron chi connectivity index (χ2n) is 3.01. The lowest BCUT2D eigenvalue weighted by atomic mass is 10.6. The molecule has 0 saturated carbocycles. The molecule has 0 spiro atoms. The summed E-state index contributed by atoms with van der Waals surface area (Å²) in [5.74, 6) is 0. The van der Waals surface area contributed by atoms with Gasteiger partial charge in [0.15, 0.2) is 0 Å². The first-order valence-corrected chi connectivity index (χ1v) is 7.42. The predicted octanol–water partition coefficient (Wildman–Crippen LogP) is 0.887. The van der Waals surface area contributed by atoms with Gasteiger partial charge in [-0.15, -0.1) is 11.6 Å². The van der Waals surface area contributed by atoms with E-state index in [9.17, 15) is 8.42 Å². The number of hydrogen-bond donors (Lipinski definition) is 0. The molecule has 0 radical (unpaired) electrons. The molecular formula is C9H20ClNO4S. The Labute approximate surface area is 103 Å². The molecule has 0 aliphatic carbocycles. The van der Waals surface area contributed by atoms with Crippen LogP contribution in [0, 0.1) is 0 Å². The smallest absolute Gasteiger partial charge is 0.228 e. The van der Waals surface area contributed by atoms with E-state index in [0.29, 0.717) is 39.5 Å². The number of hydrogen-bond acceptors (Lipinski definition) is 4. The SMILES string of the molecule is CCOCCN(CCOCC)S(=O)(=O)CCl. The summed E-state index contributed by atoms with van der Waals surface area (Å²) >= 11 is 5.40. The summed E-state index contributed by atoms with van der Waals surface area (Å²) in [7, 11) is -3.38. The Hall–Kier alpha value is 0.120. The Kier molecular flexibility index (Phi) is 9.25. The molecule has 16 heavy (non-hydrogen) atoms. The second kappa shape index (κ2) is 9.18. The summed E-state index contributed by atoms with van der Waals surface area (Å²) in [6.07, 6.45) is 0. The van der Waals surface area contributed by atoms with Crippen molar-refractivity contribution in [2.24, 2.45) is 0 Å². The molecule has 5 nitrogen and oxygen atoms in total. The summed E-state index contributed by atoms with van der Waals surface area (Å²) < 4.78 is 34.7. The van der Waals surface area contributed by atoms with Crippen LogP contribution in [0.4, 0.5) is 0 Å². The largest absolute Gasteiger partial charge is 0.380 e. The first-order valence-electron chi connectivity index (χ1n) is 5.27. The minimum Gasteiger partial charge on any atom is -0.380 e. The maximum Gasteiger partial charge on any atom is 0.228 e. The number of nitrogens with zero attached hydrogens (tertiary/aromatic N) is 1. The fourth-order valence-electron chi connectivity index (χ4n) is 1.08. The highest BCUT2D eigenvalue weighted by Crippen LogP contribution is 2.03. The van der Waals surface area contributed by atoms with E-state index < -0.39 is 15.2 Å². The van der Waals surface area contributed by atoms with Crippen molar-refractivity contribution in [3.05, 3.63) is 0 Å². The van der Waals surface area contributed by atoms with E-state index in [-0.39, 0.29) is 0 Å². The Morgan fingerprint density at radius 1 is 1.06 bits per heavy atom. The Morgan fingerprint density at radius 2 is 1.50 bits per heavy atom. The quantitative estimate of drug-likeness (QED) is 0.438. The normalized spacial score (nSPS) is 12.2. The third-order valence-electron chi connectivity index (χ3n) is 1.91. The van der Waals surface area contributed by atoms with Crippen LogP contribution in [-0.4, -0.2) is 57.5 Å². The molecule has 0 rings (SSSR count). The Morgan fingerprint density at radius 3 is 1.81 bits per heavy atom. The van der Waals surface area contributed by atoms with Crippen LogP contribution in [0.25, 0.3) is 0 Å². The van der Waals surface area contributed by atoms with E-state index in [2.05, 4.69) is 0 Å². The zero-order chi connectivity index (χ0) is 12.4. The van der Waals surface area contributed by atoms with Crippen LogP contribution in [0.3, 0.4) is 0 Å². The van der Waals surface area contributed by atoms with Crippen LogP contribution < -0.4 is 0 Å². The molecule has 0 fully saturated rings. The molecule has 0 heterocycles. The van der Waals surface area contributed by atoms with Gasteiger partial charge >= 0.3 is 0 Å². The molecule has 0 aromatic carbocycles. The van der Waals surface area contributed by atoms with Crippen molar-refractivity contribution in [2.75, 3.05) is 44.7 Å². The molecule has 7 heteroatoms. The van der Waals surface area contributed by atoms with Gasteiger partial charge in [0.05, 0.1) is 13.2 Å². The van der Waals surface area contributed by atoms with Crippen LogP contribution in [0.15, 0.2) is 0 Å². The average Bonchev–Trinajstić information content (AvgIpc) is 2.27. The molecule has 0 aromatic heterocycles. The van der Waals surface area contributed by atoms with Gasteiger partial charge < -0.3 is 9.47 Å². The summed E-state index contributed by atoms with van der Waals surface area (Å²) in [6, 6.07) is 0. The van der Waals surface area contributed by atoms with E-state index >= 15 is 0 Å². The minimum atomic E-state index is -3.38. The summed E-state index contributed by atoms with van der Waals surface area (Å²) in [6.45, 7) is 6.24. The maximum absolute atomic E-state index is 11.6. The fourth-order valence-corrected chi connectivity index (χ4v) is 2.34. The molecule has 0 saturated heterocycles. The zero-order valence-corrected chi connectivity index (χ0v) is 11.4. The van der Waals surface area contributed by atoms with E-state index in [0.717, 1.165) is 0 Å². The summed E-state index contributed by atoms with van der Waals surface area (Å²) in [4.78, 5) is 0. The standard InChI is InChI=1S/C9H20ClNO4S/c1-3-14-7-5-11(6-8-15-4-2)16(12,13)9-10/h3-9H2,1-2H3. The Balaban J connectivity index is 4.16. The number of sulfonamides is 1.